The third-order valence-electron chi connectivity index (χ3n) is 4.12. The Balaban J connectivity index is 1.61. The summed E-state index contributed by atoms with van der Waals surface area (Å²) in [6.45, 7) is 0.587. The zero-order valence-electron chi connectivity index (χ0n) is 14.8. The lowest BCUT2D eigenvalue weighted by molar-refractivity contribution is 0.102. The summed E-state index contributed by atoms with van der Waals surface area (Å²) in [6, 6.07) is 23.0. The van der Waals surface area contributed by atoms with E-state index in [0.29, 0.717) is 39.3 Å². The first-order valence-corrected chi connectivity index (χ1v) is 10.4. The van der Waals surface area contributed by atoms with E-state index in [1.807, 2.05) is 77.4 Å². The molecule has 0 aliphatic carbocycles. The van der Waals surface area contributed by atoms with Gasteiger partial charge in [-0.2, -0.15) is 0 Å². The van der Waals surface area contributed by atoms with Gasteiger partial charge in [-0.15, -0.1) is 10.2 Å². The van der Waals surface area contributed by atoms with E-state index in [1.165, 1.54) is 11.8 Å². The van der Waals surface area contributed by atoms with Gasteiger partial charge in [0.05, 0.1) is 12.3 Å². The first-order chi connectivity index (χ1) is 13.7. The zero-order chi connectivity index (χ0) is 19.3. The van der Waals surface area contributed by atoms with Crippen LogP contribution in [0.1, 0.15) is 15.9 Å². The number of hydrogen-bond donors (Lipinski definition) is 0. The van der Waals surface area contributed by atoms with E-state index in [4.69, 9.17) is 4.42 Å². The largest absolute Gasteiger partial charge is 0.446 e. The van der Waals surface area contributed by atoms with E-state index >= 15 is 0 Å². The summed E-state index contributed by atoms with van der Waals surface area (Å²) in [5.41, 5.74) is 1.81. The highest BCUT2D eigenvalue weighted by Crippen LogP contribution is 2.28. The van der Waals surface area contributed by atoms with Crippen molar-refractivity contribution in [1.29, 1.82) is 0 Å². The number of carbonyl (C=O) groups excluding carboxylic acids is 1. The molecular formula is C21H16BrN3O2S. The molecule has 0 atom stereocenters. The lowest BCUT2D eigenvalue weighted by Gasteiger charge is -2.09. The van der Waals surface area contributed by atoms with Gasteiger partial charge in [-0.1, -0.05) is 72.4 Å². The fourth-order valence-corrected chi connectivity index (χ4v) is 3.90. The molecule has 28 heavy (non-hydrogen) atoms. The summed E-state index contributed by atoms with van der Waals surface area (Å²) in [5.74, 6) is 1.60. The molecule has 0 unspecified atom stereocenters. The van der Waals surface area contributed by atoms with E-state index in [0.717, 1.165) is 5.56 Å². The van der Waals surface area contributed by atoms with Crippen LogP contribution in [-0.2, 0) is 6.54 Å². The van der Waals surface area contributed by atoms with E-state index in [9.17, 15) is 4.79 Å². The quantitative estimate of drug-likeness (QED) is 0.279. The number of Topliss-reactive ketones (excluding diaryl/α,β-unsaturated/α-hetero) is 1. The van der Waals surface area contributed by atoms with Crippen molar-refractivity contribution >= 4 is 33.5 Å². The summed E-state index contributed by atoms with van der Waals surface area (Å²) in [6.07, 6.45) is 0. The first-order valence-electron chi connectivity index (χ1n) is 8.64. The highest BCUT2D eigenvalue weighted by atomic mass is 79.9. The molecule has 4 rings (SSSR count). The lowest BCUT2D eigenvalue weighted by atomic mass is 10.2. The third-order valence-corrected chi connectivity index (χ3v) is 5.52. The van der Waals surface area contributed by atoms with Crippen molar-refractivity contribution in [2.45, 2.75) is 11.7 Å². The monoisotopic (exact) mass is 453 g/mol. The number of carbonyl (C=O) groups is 1. The van der Waals surface area contributed by atoms with Gasteiger partial charge >= 0.3 is 0 Å². The molecule has 0 amide bonds. The number of furan rings is 1. The molecule has 4 aromatic rings. The highest BCUT2D eigenvalue weighted by Gasteiger charge is 2.18. The van der Waals surface area contributed by atoms with E-state index in [2.05, 4.69) is 26.1 Å². The standard InChI is InChI=1S/C21H16BrN3O2S/c22-19-12-11-18(27-19)20-23-24-21(25(20)13-15-7-3-1-4-8-15)28-14-17(26)16-9-5-2-6-10-16/h1-12H,13-14H2. The number of thioether (sulfide) groups is 1. The van der Waals surface area contributed by atoms with Crippen LogP contribution in [0.15, 0.2) is 87.0 Å². The Morgan fingerprint density at radius 3 is 2.36 bits per heavy atom. The SMILES string of the molecule is O=C(CSc1nnc(-c2ccc(Br)o2)n1Cc1ccccc1)c1ccccc1. The molecule has 0 spiro atoms. The molecule has 140 valence electrons. The Kier molecular flexibility index (Phi) is 5.73. The summed E-state index contributed by atoms with van der Waals surface area (Å²) in [7, 11) is 0. The smallest absolute Gasteiger partial charge is 0.200 e. The van der Waals surface area contributed by atoms with Crippen molar-refractivity contribution in [3.8, 4) is 11.6 Å². The molecule has 0 radical (unpaired) electrons. The minimum Gasteiger partial charge on any atom is -0.446 e. The van der Waals surface area contributed by atoms with Crippen molar-refractivity contribution in [2.75, 3.05) is 5.75 Å². The number of aromatic nitrogens is 3. The van der Waals surface area contributed by atoms with Crippen molar-refractivity contribution in [1.82, 2.24) is 14.8 Å². The molecule has 0 aliphatic rings. The molecular weight excluding hydrogens is 438 g/mol. The molecule has 0 saturated heterocycles. The number of hydrogen-bond acceptors (Lipinski definition) is 5. The van der Waals surface area contributed by atoms with Crippen molar-refractivity contribution in [2.24, 2.45) is 0 Å². The number of halogens is 1. The third kappa shape index (κ3) is 4.26. The van der Waals surface area contributed by atoms with Gasteiger partial charge in [0.1, 0.15) is 0 Å². The Labute approximate surface area is 174 Å². The predicted molar refractivity (Wildman–Crippen MR) is 112 cm³/mol. The normalized spacial score (nSPS) is 10.9. The maximum atomic E-state index is 12.5. The molecule has 0 fully saturated rings. The van der Waals surface area contributed by atoms with Gasteiger partial charge in [0.2, 0.25) is 5.82 Å². The summed E-state index contributed by atoms with van der Waals surface area (Å²) < 4.78 is 8.28. The Hall–Kier alpha value is -2.64. The molecule has 2 aromatic heterocycles. The number of rotatable bonds is 7. The minimum atomic E-state index is 0.0576. The topological polar surface area (TPSA) is 60.9 Å². The van der Waals surface area contributed by atoms with Crippen LogP contribution in [0.2, 0.25) is 0 Å². The molecule has 7 heteroatoms. The van der Waals surface area contributed by atoms with Crippen LogP contribution in [0.25, 0.3) is 11.6 Å². The summed E-state index contributed by atoms with van der Waals surface area (Å²) >= 11 is 4.71. The minimum absolute atomic E-state index is 0.0576. The molecule has 0 saturated carbocycles. The molecule has 0 N–H and O–H groups in total. The Bertz CT molecular complexity index is 1080. The molecule has 2 heterocycles. The average Bonchev–Trinajstić information content (AvgIpc) is 3.33. The highest BCUT2D eigenvalue weighted by molar-refractivity contribution is 9.10. The van der Waals surface area contributed by atoms with Gasteiger partial charge in [0.25, 0.3) is 0 Å². The average molecular weight is 454 g/mol. The van der Waals surface area contributed by atoms with Crippen LogP contribution in [0.5, 0.6) is 0 Å². The van der Waals surface area contributed by atoms with Crippen LogP contribution in [0.3, 0.4) is 0 Å². The number of nitrogens with zero attached hydrogens (tertiary/aromatic N) is 3. The van der Waals surface area contributed by atoms with E-state index < -0.39 is 0 Å². The van der Waals surface area contributed by atoms with Crippen molar-refractivity contribution < 1.29 is 9.21 Å². The zero-order valence-corrected chi connectivity index (χ0v) is 17.2. The molecule has 0 bridgehead atoms. The maximum absolute atomic E-state index is 12.5. The fraction of sp³-hybridized carbons (Fsp3) is 0.0952. The summed E-state index contributed by atoms with van der Waals surface area (Å²) in [5, 5.41) is 9.30. The fourth-order valence-electron chi connectivity index (χ4n) is 2.76. The molecule has 2 aromatic carbocycles. The van der Waals surface area contributed by atoms with Gasteiger partial charge in [0, 0.05) is 5.56 Å². The van der Waals surface area contributed by atoms with Crippen LogP contribution in [0.4, 0.5) is 0 Å². The van der Waals surface area contributed by atoms with Crippen molar-refractivity contribution in [3.05, 3.63) is 88.6 Å². The van der Waals surface area contributed by atoms with Crippen LogP contribution < -0.4 is 0 Å². The van der Waals surface area contributed by atoms with Gasteiger partial charge in [-0.3, -0.25) is 9.36 Å². The number of benzene rings is 2. The van der Waals surface area contributed by atoms with Crippen molar-refractivity contribution in [3.63, 3.8) is 0 Å². The van der Waals surface area contributed by atoms with Gasteiger partial charge in [0.15, 0.2) is 21.4 Å². The van der Waals surface area contributed by atoms with Gasteiger partial charge in [-0.05, 0) is 33.6 Å². The second kappa shape index (κ2) is 8.58. The van der Waals surface area contributed by atoms with E-state index in [1.54, 1.807) is 0 Å². The van der Waals surface area contributed by atoms with Crippen LogP contribution >= 0.6 is 27.7 Å². The van der Waals surface area contributed by atoms with Gasteiger partial charge in [-0.25, -0.2) is 0 Å². The Morgan fingerprint density at radius 2 is 1.68 bits per heavy atom. The van der Waals surface area contributed by atoms with Crippen LogP contribution in [-0.4, -0.2) is 26.3 Å². The predicted octanol–water partition coefficient (Wildman–Crippen LogP) is 5.32. The number of ketones is 1. The molecule has 5 nitrogen and oxygen atoms in total. The summed E-state index contributed by atoms with van der Waals surface area (Å²) in [4.78, 5) is 12.5. The molecule has 0 aliphatic heterocycles. The van der Waals surface area contributed by atoms with Crippen LogP contribution in [0, 0.1) is 0 Å². The maximum Gasteiger partial charge on any atom is 0.200 e. The second-order valence-corrected chi connectivity index (χ2v) is 7.78. The first kappa shape index (κ1) is 18.7. The second-order valence-electron chi connectivity index (χ2n) is 6.06. The van der Waals surface area contributed by atoms with E-state index in [-0.39, 0.29) is 5.78 Å². The lowest BCUT2D eigenvalue weighted by Crippen LogP contribution is -2.06. The Morgan fingerprint density at radius 1 is 0.964 bits per heavy atom. The van der Waals surface area contributed by atoms with Gasteiger partial charge < -0.3 is 4.42 Å².